The van der Waals surface area contributed by atoms with Crippen LogP contribution in [0.4, 0.5) is 4.39 Å². The van der Waals surface area contributed by atoms with Crippen molar-refractivity contribution >= 4 is 0 Å². The zero-order valence-corrected chi connectivity index (χ0v) is 6.66. The first kappa shape index (κ1) is 8.10. The summed E-state index contributed by atoms with van der Waals surface area (Å²) < 4.78 is 11.8. The maximum atomic E-state index is 11.8. The summed E-state index contributed by atoms with van der Waals surface area (Å²) in [7, 11) is 0. The van der Waals surface area contributed by atoms with Crippen molar-refractivity contribution in [3.05, 3.63) is 5.82 Å². The van der Waals surface area contributed by atoms with E-state index in [2.05, 4.69) is 15.4 Å². The van der Waals surface area contributed by atoms with Gasteiger partial charge in [-0.2, -0.15) is 4.80 Å². The number of rotatable bonds is 3. The Kier molecular flexibility index (Phi) is 2.51. The third kappa shape index (κ3) is 1.96. The van der Waals surface area contributed by atoms with E-state index in [0.717, 1.165) is 0 Å². The first-order valence-electron chi connectivity index (χ1n) is 3.57. The molecule has 0 saturated heterocycles. The fourth-order valence-electron chi connectivity index (χ4n) is 0.657. The largest absolute Gasteiger partial charge is 0.249 e. The second kappa shape index (κ2) is 3.41. The molecule has 0 radical (unpaired) electrons. The van der Waals surface area contributed by atoms with E-state index in [1.165, 1.54) is 4.80 Å². The Morgan fingerprint density at radius 1 is 1.55 bits per heavy atom. The van der Waals surface area contributed by atoms with Crippen molar-refractivity contribution in [1.29, 1.82) is 0 Å². The van der Waals surface area contributed by atoms with Crippen molar-refractivity contribution < 1.29 is 4.39 Å². The summed E-state index contributed by atoms with van der Waals surface area (Å²) in [6.45, 7) is 3.68. The van der Waals surface area contributed by atoms with Gasteiger partial charge in [0.15, 0.2) is 5.82 Å². The molecule has 0 bridgehead atoms. The summed E-state index contributed by atoms with van der Waals surface area (Å²) in [4.78, 5) is 1.27. The maximum absolute atomic E-state index is 11.8. The van der Waals surface area contributed by atoms with Crippen molar-refractivity contribution in [2.75, 3.05) is 6.67 Å². The first-order valence-corrected chi connectivity index (χ1v) is 3.57. The van der Waals surface area contributed by atoms with E-state index >= 15 is 0 Å². The monoisotopic (exact) mass is 158 g/mol. The Labute approximate surface area is 64.4 Å². The van der Waals surface area contributed by atoms with Gasteiger partial charge in [0.25, 0.3) is 0 Å². The molecule has 0 fully saturated rings. The molecular weight excluding hydrogens is 147 g/mol. The summed E-state index contributed by atoms with van der Waals surface area (Å²) in [6.07, 6.45) is 0. The number of hydrogen-bond acceptors (Lipinski definition) is 3. The van der Waals surface area contributed by atoms with Gasteiger partial charge in [-0.1, -0.05) is 13.8 Å². The molecule has 0 unspecified atom stereocenters. The van der Waals surface area contributed by atoms with Crippen LogP contribution in [-0.4, -0.2) is 26.9 Å². The van der Waals surface area contributed by atoms with Crippen LogP contribution in [0.2, 0.25) is 0 Å². The Balaban J connectivity index is 2.66. The SMILES string of the molecule is CC(C)c1nnn(CCF)n1. The lowest BCUT2D eigenvalue weighted by atomic mass is 10.2. The molecule has 0 aliphatic rings. The number of nitrogens with zero attached hydrogens (tertiary/aromatic N) is 4. The second-order valence-electron chi connectivity index (χ2n) is 2.59. The Morgan fingerprint density at radius 3 is 2.73 bits per heavy atom. The molecule has 1 heterocycles. The molecule has 62 valence electrons. The van der Waals surface area contributed by atoms with Crippen LogP contribution in [0.3, 0.4) is 0 Å². The number of halogens is 1. The highest BCUT2D eigenvalue weighted by Crippen LogP contribution is 2.04. The van der Waals surface area contributed by atoms with Gasteiger partial charge in [-0.25, -0.2) is 4.39 Å². The van der Waals surface area contributed by atoms with Crippen LogP contribution < -0.4 is 0 Å². The van der Waals surface area contributed by atoms with Gasteiger partial charge in [0, 0.05) is 5.92 Å². The van der Waals surface area contributed by atoms with Gasteiger partial charge < -0.3 is 0 Å². The summed E-state index contributed by atoms with van der Waals surface area (Å²) in [5, 5.41) is 11.4. The van der Waals surface area contributed by atoms with Crippen molar-refractivity contribution in [3.8, 4) is 0 Å². The highest BCUT2D eigenvalue weighted by molar-refractivity contribution is 4.84. The Hall–Kier alpha value is -1.00. The van der Waals surface area contributed by atoms with Crippen molar-refractivity contribution in [2.24, 2.45) is 0 Å². The number of aromatic nitrogens is 4. The normalized spacial score (nSPS) is 10.9. The summed E-state index contributed by atoms with van der Waals surface area (Å²) >= 11 is 0. The van der Waals surface area contributed by atoms with E-state index in [1.54, 1.807) is 0 Å². The third-order valence-electron chi connectivity index (χ3n) is 1.27. The van der Waals surface area contributed by atoms with E-state index in [4.69, 9.17) is 0 Å². The fraction of sp³-hybridized carbons (Fsp3) is 0.833. The minimum atomic E-state index is -0.451. The molecule has 0 N–H and O–H groups in total. The first-order chi connectivity index (χ1) is 5.24. The van der Waals surface area contributed by atoms with Crippen LogP contribution in [0.15, 0.2) is 0 Å². The van der Waals surface area contributed by atoms with Crippen LogP contribution in [0.1, 0.15) is 25.6 Å². The molecule has 0 saturated carbocycles. The number of alkyl halides is 1. The molecule has 0 aliphatic heterocycles. The molecule has 1 aromatic rings. The second-order valence-corrected chi connectivity index (χ2v) is 2.59. The number of hydrogen-bond donors (Lipinski definition) is 0. The minimum absolute atomic E-state index is 0.194. The van der Waals surface area contributed by atoms with Gasteiger partial charge in [-0.05, 0) is 5.21 Å². The van der Waals surface area contributed by atoms with Gasteiger partial charge in [0.05, 0.1) is 6.54 Å². The zero-order valence-electron chi connectivity index (χ0n) is 6.66. The fourth-order valence-corrected chi connectivity index (χ4v) is 0.657. The summed E-state index contributed by atoms with van der Waals surface area (Å²) in [5.41, 5.74) is 0. The molecule has 0 aromatic carbocycles. The third-order valence-corrected chi connectivity index (χ3v) is 1.27. The average Bonchev–Trinajstić information content (AvgIpc) is 2.37. The van der Waals surface area contributed by atoms with Crippen molar-refractivity contribution in [1.82, 2.24) is 20.2 Å². The molecule has 0 spiro atoms. The highest BCUT2D eigenvalue weighted by Gasteiger charge is 2.05. The minimum Gasteiger partial charge on any atom is -0.249 e. The standard InChI is InChI=1S/C6H11FN4/c1-5(2)6-8-10-11(9-6)4-3-7/h5H,3-4H2,1-2H3. The van der Waals surface area contributed by atoms with E-state index < -0.39 is 6.67 Å². The van der Waals surface area contributed by atoms with Crippen LogP contribution >= 0.6 is 0 Å². The van der Waals surface area contributed by atoms with E-state index in [9.17, 15) is 4.39 Å². The molecule has 0 amide bonds. The Bertz CT molecular complexity index is 220. The highest BCUT2D eigenvalue weighted by atomic mass is 19.1. The molecule has 1 aromatic heterocycles. The average molecular weight is 158 g/mol. The molecule has 5 heteroatoms. The molecule has 4 nitrogen and oxygen atoms in total. The van der Waals surface area contributed by atoms with E-state index in [1.807, 2.05) is 13.8 Å². The molecule has 0 aliphatic carbocycles. The summed E-state index contributed by atoms with van der Waals surface area (Å²) in [5.74, 6) is 0.918. The lowest BCUT2D eigenvalue weighted by Crippen LogP contribution is -2.04. The van der Waals surface area contributed by atoms with Gasteiger partial charge in [0.2, 0.25) is 0 Å². The molecule has 0 atom stereocenters. The van der Waals surface area contributed by atoms with Gasteiger partial charge >= 0.3 is 0 Å². The summed E-state index contributed by atoms with van der Waals surface area (Å²) in [6, 6.07) is 0. The van der Waals surface area contributed by atoms with E-state index in [0.29, 0.717) is 5.82 Å². The number of tetrazole rings is 1. The number of aryl methyl sites for hydroxylation is 1. The molecule has 11 heavy (non-hydrogen) atoms. The lowest BCUT2D eigenvalue weighted by Gasteiger charge is -1.93. The van der Waals surface area contributed by atoms with Crippen molar-refractivity contribution in [3.63, 3.8) is 0 Å². The van der Waals surface area contributed by atoms with Gasteiger partial charge in [0.1, 0.15) is 6.67 Å². The van der Waals surface area contributed by atoms with Crippen LogP contribution in [0.25, 0.3) is 0 Å². The topological polar surface area (TPSA) is 43.6 Å². The van der Waals surface area contributed by atoms with Crippen LogP contribution in [0, 0.1) is 0 Å². The van der Waals surface area contributed by atoms with Gasteiger partial charge in [-0.15, -0.1) is 10.2 Å². The van der Waals surface area contributed by atoms with E-state index in [-0.39, 0.29) is 12.5 Å². The van der Waals surface area contributed by atoms with Crippen molar-refractivity contribution in [2.45, 2.75) is 26.3 Å². The van der Waals surface area contributed by atoms with Crippen LogP contribution in [-0.2, 0) is 6.54 Å². The maximum Gasteiger partial charge on any atom is 0.177 e. The smallest absolute Gasteiger partial charge is 0.177 e. The molecular formula is C6H11FN4. The zero-order chi connectivity index (χ0) is 8.27. The van der Waals surface area contributed by atoms with Crippen LogP contribution in [0.5, 0.6) is 0 Å². The predicted molar refractivity (Wildman–Crippen MR) is 37.9 cm³/mol. The molecule has 1 rings (SSSR count). The van der Waals surface area contributed by atoms with Gasteiger partial charge in [-0.3, -0.25) is 0 Å². The quantitative estimate of drug-likeness (QED) is 0.652. The predicted octanol–water partition coefficient (Wildman–Crippen LogP) is 0.766. The lowest BCUT2D eigenvalue weighted by molar-refractivity contribution is 0.396. The Morgan fingerprint density at radius 2 is 2.27 bits per heavy atom.